The lowest BCUT2D eigenvalue weighted by atomic mass is 10.1. The van der Waals surface area contributed by atoms with E-state index >= 15 is 0 Å². The first-order chi connectivity index (χ1) is 8.13. The molecule has 0 bridgehead atoms. The van der Waals surface area contributed by atoms with E-state index in [1.165, 1.54) is 0 Å². The first kappa shape index (κ1) is 14.4. The average molecular weight is 313 g/mol. The Morgan fingerprint density at radius 1 is 1.53 bits per heavy atom. The van der Waals surface area contributed by atoms with Gasteiger partial charge in [-0.05, 0) is 30.9 Å². The highest BCUT2D eigenvalue weighted by atomic mass is 79.9. The largest absolute Gasteiger partial charge is 0.370 e. The Labute approximate surface area is 116 Å². The summed E-state index contributed by atoms with van der Waals surface area (Å²) in [6.07, 6.45) is 3.20. The number of nitrogens with zero attached hydrogens (tertiary/aromatic N) is 2. The molecule has 0 aromatic heterocycles. The van der Waals surface area contributed by atoms with Crippen LogP contribution in [0, 0.1) is 11.3 Å². The molecule has 17 heavy (non-hydrogen) atoms. The van der Waals surface area contributed by atoms with Gasteiger partial charge in [-0.25, -0.2) is 0 Å². The fraction of sp³-hybridized carbons (Fsp3) is 0.462. The molecule has 0 amide bonds. The van der Waals surface area contributed by atoms with Crippen LogP contribution in [-0.2, 0) is 0 Å². The van der Waals surface area contributed by atoms with Crippen LogP contribution in [0.4, 0.5) is 5.69 Å². The maximum absolute atomic E-state index is 9.17. The Bertz CT molecular complexity index is 414. The van der Waals surface area contributed by atoms with Gasteiger partial charge in [0.2, 0.25) is 0 Å². The van der Waals surface area contributed by atoms with E-state index in [4.69, 9.17) is 0 Å². The minimum Gasteiger partial charge on any atom is -0.370 e. The van der Waals surface area contributed by atoms with Crippen LogP contribution >= 0.6 is 27.7 Å². The molecule has 0 aliphatic carbocycles. The molecule has 2 nitrogen and oxygen atoms in total. The molecule has 1 aromatic carbocycles. The van der Waals surface area contributed by atoms with Gasteiger partial charge in [0.15, 0.2) is 0 Å². The lowest BCUT2D eigenvalue weighted by Crippen LogP contribution is -2.33. The van der Waals surface area contributed by atoms with Crippen molar-refractivity contribution in [3.63, 3.8) is 0 Å². The molecule has 4 heteroatoms. The molecule has 0 aliphatic heterocycles. The molecule has 1 rings (SSSR count). The molecule has 0 radical (unpaired) electrons. The summed E-state index contributed by atoms with van der Waals surface area (Å²) >= 11 is 5.24. The maximum atomic E-state index is 9.17. The topological polar surface area (TPSA) is 27.0 Å². The van der Waals surface area contributed by atoms with E-state index < -0.39 is 0 Å². The van der Waals surface area contributed by atoms with E-state index in [2.05, 4.69) is 47.1 Å². The summed E-state index contributed by atoms with van der Waals surface area (Å²) in [6.45, 7) is 2.18. The zero-order valence-electron chi connectivity index (χ0n) is 10.4. The van der Waals surface area contributed by atoms with Gasteiger partial charge in [0.1, 0.15) is 6.07 Å². The van der Waals surface area contributed by atoms with Crippen LogP contribution in [0.25, 0.3) is 0 Å². The van der Waals surface area contributed by atoms with Crippen molar-refractivity contribution in [2.24, 2.45) is 0 Å². The van der Waals surface area contributed by atoms with Gasteiger partial charge < -0.3 is 4.90 Å². The number of benzene rings is 1. The quantitative estimate of drug-likeness (QED) is 0.825. The number of rotatable bonds is 5. The van der Waals surface area contributed by atoms with E-state index in [-0.39, 0.29) is 0 Å². The summed E-state index contributed by atoms with van der Waals surface area (Å²) in [5.41, 5.74) is 1.73. The number of hydrogen-bond acceptors (Lipinski definition) is 3. The Morgan fingerprint density at radius 2 is 2.24 bits per heavy atom. The van der Waals surface area contributed by atoms with Crippen molar-refractivity contribution in [1.29, 1.82) is 5.26 Å². The second-order valence-electron chi connectivity index (χ2n) is 3.90. The molecule has 1 aromatic rings. The highest BCUT2D eigenvalue weighted by Crippen LogP contribution is 2.26. The van der Waals surface area contributed by atoms with Crippen LogP contribution in [0.15, 0.2) is 22.7 Å². The number of anilines is 1. The summed E-state index contributed by atoms with van der Waals surface area (Å²) in [5.74, 6) is 1.08. The third kappa shape index (κ3) is 3.65. The molecule has 0 saturated heterocycles. The van der Waals surface area contributed by atoms with Crippen LogP contribution in [-0.4, -0.2) is 25.1 Å². The van der Waals surface area contributed by atoms with Crippen molar-refractivity contribution in [2.75, 3.05) is 24.0 Å². The SMILES string of the molecule is CCC(CSC)N(C)c1ccc(Br)cc1C#N. The minimum atomic E-state index is 0.471. The minimum absolute atomic E-state index is 0.471. The van der Waals surface area contributed by atoms with Crippen LogP contribution < -0.4 is 4.90 Å². The molecular weight excluding hydrogens is 296 g/mol. The van der Waals surface area contributed by atoms with E-state index in [0.29, 0.717) is 6.04 Å². The first-order valence-electron chi connectivity index (χ1n) is 5.55. The van der Waals surface area contributed by atoms with Crippen molar-refractivity contribution in [3.8, 4) is 6.07 Å². The number of nitriles is 1. The predicted octanol–water partition coefficient (Wildman–Crippen LogP) is 3.90. The molecule has 92 valence electrons. The molecule has 0 aliphatic rings. The third-order valence-electron chi connectivity index (χ3n) is 2.84. The summed E-state index contributed by atoms with van der Waals surface area (Å²) in [5, 5.41) is 9.17. The van der Waals surface area contributed by atoms with Gasteiger partial charge in [-0.15, -0.1) is 0 Å². The van der Waals surface area contributed by atoms with Crippen LogP contribution in [0.1, 0.15) is 18.9 Å². The van der Waals surface area contributed by atoms with Gasteiger partial charge in [-0.3, -0.25) is 0 Å². The van der Waals surface area contributed by atoms with Gasteiger partial charge in [0, 0.05) is 23.3 Å². The smallest absolute Gasteiger partial charge is 0.101 e. The zero-order chi connectivity index (χ0) is 12.8. The van der Waals surface area contributed by atoms with Gasteiger partial charge in [0.05, 0.1) is 11.3 Å². The summed E-state index contributed by atoms with van der Waals surface area (Å²) in [4.78, 5) is 2.21. The highest BCUT2D eigenvalue weighted by Gasteiger charge is 2.15. The van der Waals surface area contributed by atoms with Gasteiger partial charge in [-0.1, -0.05) is 22.9 Å². The fourth-order valence-corrected chi connectivity index (χ4v) is 3.00. The molecule has 0 spiro atoms. The number of halogens is 1. The predicted molar refractivity (Wildman–Crippen MR) is 79.7 cm³/mol. The standard InChI is InChI=1S/C13H17BrN2S/c1-4-12(9-17-3)16(2)13-6-5-11(14)7-10(13)8-15/h5-7,12H,4,9H2,1-3H3. The summed E-state index contributed by atoms with van der Waals surface area (Å²) < 4.78 is 0.948. The van der Waals surface area contributed by atoms with Crippen LogP contribution in [0.3, 0.4) is 0 Å². The van der Waals surface area contributed by atoms with Crippen LogP contribution in [0.2, 0.25) is 0 Å². The van der Waals surface area contributed by atoms with E-state index in [1.54, 1.807) is 0 Å². The third-order valence-corrected chi connectivity index (χ3v) is 4.05. The fourth-order valence-electron chi connectivity index (χ4n) is 1.80. The van der Waals surface area contributed by atoms with E-state index in [0.717, 1.165) is 27.9 Å². The van der Waals surface area contributed by atoms with Crippen molar-refractivity contribution < 1.29 is 0 Å². The molecule has 0 saturated carbocycles. The van der Waals surface area contributed by atoms with Crippen molar-refractivity contribution in [2.45, 2.75) is 19.4 Å². The van der Waals surface area contributed by atoms with E-state index in [1.807, 2.05) is 30.0 Å². The van der Waals surface area contributed by atoms with Crippen molar-refractivity contribution >= 4 is 33.4 Å². The van der Waals surface area contributed by atoms with Crippen molar-refractivity contribution in [1.82, 2.24) is 0 Å². The summed E-state index contributed by atoms with van der Waals surface area (Å²) in [7, 11) is 2.06. The Kier molecular flexibility index (Phi) is 5.87. The molecule has 1 atom stereocenters. The number of hydrogen-bond donors (Lipinski definition) is 0. The second-order valence-corrected chi connectivity index (χ2v) is 5.73. The summed E-state index contributed by atoms with van der Waals surface area (Å²) in [6, 6.07) is 8.59. The molecule has 0 N–H and O–H groups in total. The Morgan fingerprint density at radius 3 is 2.76 bits per heavy atom. The molecule has 0 fully saturated rings. The molecule has 0 heterocycles. The second kappa shape index (κ2) is 6.93. The highest BCUT2D eigenvalue weighted by molar-refractivity contribution is 9.10. The maximum Gasteiger partial charge on any atom is 0.101 e. The monoisotopic (exact) mass is 312 g/mol. The lowest BCUT2D eigenvalue weighted by Gasteiger charge is -2.29. The van der Waals surface area contributed by atoms with Gasteiger partial charge in [0.25, 0.3) is 0 Å². The Balaban J connectivity index is 3.02. The van der Waals surface area contributed by atoms with Crippen LogP contribution in [0.5, 0.6) is 0 Å². The number of thioether (sulfide) groups is 1. The molecular formula is C13H17BrN2S. The van der Waals surface area contributed by atoms with E-state index in [9.17, 15) is 5.26 Å². The Hall–Kier alpha value is -0.660. The van der Waals surface area contributed by atoms with Gasteiger partial charge >= 0.3 is 0 Å². The zero-order valence-corrected chi connectivity index (χ0v) is 12.8. The molecule has 1 unspecified atom stereocenters. The lowest BCUT2D eigenvalue weighted by molar-refractivity contribution is 0.672. The first-order valence-corrected chi connectivity index (χ1v) is 7.74. The normalized spacial score (nSPS) is 11.9. The average Bonchev–Trinajstić information content (AvgIpc) is 2.34. The van der Waals surface area contributed by atoms with Crippen molar-refractivity contribution in [3.05, 3.63) is 28.2 Å². The van der Waals surface area contributed by atoms with Gasteiger partial charge in [-0.2, -0.15) is 17.0 Å².